The largest absolute Gasteiger partial charge is 0.355 e. The molecular formula is C11H21N3O. The van der Waals surface area contributed by atoms with Gasteiger partial charge in [0.25, 0.3) is 0 Å². The van der Waals surface area contributed by atoms with E-state index in [2.05, 4.69) is 18.3 Å². The number of nitrogens with one attached hydrogen (secondary N) is 1. The van der Waals surface area contributed by atoms with Crippen LogP contribution in [-0.2, 0) is 4.79 Å². The summed E-state index contributed by atoms with van der Waals surface area (Å²) < 4.78 is 0. The van der Waals surface area contributed by atoms with Gasteiger partial charge in [-0.2, -0.15) is 5.26 Å². The van der Waals surface area contributed by atoms with Crippen LogP contribution in [0.1, 0.15) is 33.6 Å². The number of carbonyl (C=O) groups is 1. The van der Waals surface area contributed by atoms with Gasteiger partial charge in [0.15, 0.2) is 0 Å². The van der Waals surface area contributed by atoms with Gasteiger partial charge < -0.3 is 5.32 Å². The summed E-state index contributed by atoms with van der Waals surface area (Å²) in [6.07, 6.45) is 2.08. The maximum atomic E-state index is 11.4. The smallest absolute Gasteiger partial charge is 0.234 e. The SMILES string of the molecule is CCCCNC(=O)CN(CC#N)C(C)C. The molecule has 4 nitrogen and oxygen atoms in total. The number of carbonyl (C=O) groups excluding carboxylic acids is 1. The monoisotopic (exact) mass is 211 g/mol. The van der Waals surface area contributed by atoms with Crippen LogP contribution in [-0.4, -0.2) is 36.5 Å². The zero-order valence-electron chi connectivity index (χ0n) is 9.92. The third-order valence-electron chi connectivity index (χ3n) is 2.20. The number of nitriles is 1. The molecule has 0 aliphatic heterocycles. The van der Waals surface area contributed by atoms with Crippen molar-refractivity contribution in [3.05, 3.63) is 0 Å². The molecule has 0 aliphatic carbocycles. The second-order valence-electron chi connectivity index (χ2n) is 3.86. The summed E-state index contributed by atoms with van der Waals surface area (Å²) in [5, 5.41) is 11.4. The van der Waals surface area contributed by atoms with Crippen LogP contribution in [0.3, 0.4) is 0 Å². The Hall–Kier alpha value is -1.08. The molecule has 0 aliphatic rings. The van der Waals surface area contributed by atoms with Gasteiger partial charge in [-0.15, -0.1) is 0 Å². The molecule has 0 saturated heterocycles. The summed E-state index contributed by atoms with van der Waals surface area (Å²) in [5.41, 5.74) is 0. The molecule has 0 radical (unpaired) electrons. The van der Waals surface area contributed by atoms with Gasteiger partial charge in [-0.05, 0) is 20.3 Å². The van der Waals surface area contributed by atoms with E-state index < -0.39 is 0 Å². The average molecular weight is 211 g/mol. The standard InChI is InChI=1S/C11H21N3O/c1-4-5-7-13-11(15)9-14(8-6-12)10(2)3/h10H,4-5,7-9H2,1-3H3,(H,13,15). The van der Waals surface area contributed by atoms with Crippen molar-refractivity contribution in [1.82, 2.24) is 10.2 Å². The van der Waals surface area contributed by atoms with Gasteiger partial charge in [0.05, 0.1) is 19.2 Å². The van der Waals surface area contributed by atoms with Crippen LogP contribution in [0.25, 0.3) is 0 Å². The topological polar surface area (TPSA) is 56.1 Å². The lowest BCUT2D eigenvalue weighted by Gasteiger charge is -2.22. The zero-order valence-corrected chi connectivity index (χ0v) is 9.92. The number of hydrogen-bond acceptors (Lipinski definition) is 3. The van der Waals surface area contributed by atoms with Crippen LogP contribution in [0.2, 0.25) is 0 Å². The lowest BCUT2D eigenvalue weighted by molar-refractivity contribution is -0.122. The van der Waals surface area contributed by atoms with Crippen molar-refractivity contribution in [1.29, 1.82) is 5.26 Å². The summed E-state index contributed by atoms with van der Waals surface area (Å²) in [7, 11) is 0. The second-order valence-corrected chi connectivity index (χ2v) is 3.86. The van der Waals surface area contributed by atoms with E-state index >= 15 is 0 Å². The third-order valence-corrected chi connectivity index (χ3v) is 2.20. The number of unbranched alkanes of at least 4 members (excludes halogenated alkanes) is 1. The van der Waals surface area contributed by atoms with Gasteiger partial charge >= 0.3 is 0 Å². The molecule has 0 bridgehead atoms. The van der Waals surface area contributed by atoms with E-state index in [1.807, 2.05) is 18.7 Å². The minimum Gasteiger partial charge on any atom is -0.355 e. The van der Waals surface area contributed by atoms with Gasteiger partial charge in [-0.3, -0.25) is 9.69 Å². The molecular weight excluding hydrogens is 190 g/mol. The van der Waals surface area contributed by atoms with Crippen molar-refractivity contribution in [2.24, 2.45) is 0 Å². The van der Waals surface area contributed by atoms with Crippen LogP contribution >= 0.6 is 0 Å². The molecule has 4 heteroatoms. The Bertz CT molecular complexity index is 220. The Morgan fingerprint density at radius 1 is 1.53 bits per heavy atom. The molecule has 15 heavy (non-hydrogen) atoms. The molecule has 0 fully saturated rings. The van der Waals surface area contributed by atoms with E-state index in [0.717, 1.165) is 19.4 Å². The molecule has 0 rings (SSSR count). The molecule has 86 valence electrons. The summed E-state index contributed by atoms with van der Waals surface area (Å²) in [6, 6.07) is 2.29. The van der Waals surface area contributed by atoms with Crippen LogP contribution in [0.4, 0.5) is 0 Å². The highest BCUT2D eigenvalue weighted by Crippen LogP contribution is 1.96. The molecule has 1 N–H and O–H groups in total. The number of hydrogen-bond donors (Lipinski definition) is 1. The Kier molecular flexibility index (Phi) is 7.65. The lowest BCUT2D eigenvalue weighted by Crippen LogP contribution is -2.41. The van der Waals surface area contributed by atoms with Crippen LogP contribution in [0.15, 0.2) is 0 Å². The molecule has 0 aromatic heterocycles. The van der Waals surface area contributed by atoms with Gasteiger partial charge in [0.1, 0.15) is 0 Å². The minimum atomic E-state index is 0.00685. The van der Waals surface area contributed by atoms with Crippen molar-refractivity contribution in [2.45, 2.75) is 39.7 Å². The van der Waals surface area contributed by atoms with Crippen molar-refractivity contribution in [3.8, 4) is 6.07 Å². The summed E-state index contributed by atoms with van der Waals surface area (Å²) in [4.78, 5) is 13.3. The Morgan fingerprint density at radius 2 is 2.20 bits per heavy atom. The second kappa shape index (κ2) is 8.25. The van der Waals surface area contributed by atoms with Crippen LogP contribution in [0.5, 0.6) is 0 Å². The first-order chi connectivity index (χ1) is 7.11. The van der Waals surface area contributed by atoms with Crippen molar-refractivity contribution in [2.75, 3.05) is 19.6 Å². The van der Waals surface area contributed by atoms with E-state index in [0.29, 0.717) is 13.1 Å². The molecule has 0 unspecified atom stereocenters. The quantitative estimate of drug-likeness (QED) is 0.507. The molecule has 1 amide bonds. The fourth-order valence-electron chi connectivity index (χ4n) is 1.16. The highest BCUT2D eigenvalue weighted by Gasteiger charge is 2.12. The van der Waals surface area contributed by atoms with Gasteiger partial charge in [0, 0.05) is 12.6 Å². The Morgan fingerprint density at radius 3 is 2.67 bits per heavy atom. The highest BCUT2D eigenvalue weighted by atomic mass is 16.2. The molecule has 0 atom stereocenters. The van der Waals surface area contributed by atoms with Crippen molar-refractivity contribution < 1.29 is 4.79 Å². The van der Waals surface area contributed by atoms with Crippen molar-refractivity contribution >= 4 is 5.91 Å². The normalized spacial score (nSPS) is 10.4. The first kappa shape index (κ1) is 13.9. The van der Waals surface area contributed by atoms with Crippen molar-refractivity contribution in [3.63, 3.8) is 0 Å². The Balaban J connectivity index is 3.85. The van der Waals surface area contributed by atoms with Gasteiger partial charge in [0.2, 0.25) is 5.91 Å². The maximum absolute atomic E-state index is 11.4. The predicted molar refractivity (Wildman–Crippen MR) is 60.2 cm³/mol. The summed E-state index contributed by atoms with van der Waals surface area (Å²) >= 11 is 0. The number of amides is 1. The number of rotatable bonds is 7. The summed E-state index contributed by atoms with van der Waals surface area (Å²) in [5.74, 6) is 0.00685. The summed E-state index contributed by atoms with van der Waals surface area (Å²) in [6.45, 7) is 7.40. The van der Waals surface area contributed by atoms with Crippen LogP contribution < -0.4 is 5.32 Å². The number of nitrogens with zero attached hydrogens (tertiary/aromatic N) is 2. The molecule has 0 heterocycles. The van der Waals surface area contributed by atoms with E-state index in [1.54, 1.807) is 0 Å². The van der Waals surface area contributed by atoms with E-state index in [-0.39, 0.29) is 11.9 Å². The third kappa shape index (κ3) is 6.92. The average Bonchev–Trinajstić information content (AvgIpc) is 2.17. The molecule has 0 saturated carbocycles. The first-order valence-corrected chi connectivity index (χ1v) is 5.49. The Labute approximate surface area is 92.3 Å². The highest BCUT2D eigenvalue weighted by molar-refractivity contribution is 5.78. The molecule has 0 aromatic carbocycles. The van der Waals surface area contributed by atoms with Gasteiger partial charge in [-0.25, -0.2) is 0 Å². The fraction of sp³-hybridized carbons (Fsp3) is 0.818. The predicted octanol–water partition coefficient (Wildman–Crippen LogP) is 1.14. The first-order valence-electron chi connectivity index (χ1n) is 5.49. The maximum Gasteiger partial charge on any atom is 0.234 e. The van der Waals surface area contributed by atoms with E-state index in [9.17, 15) is 4.79 Å². The van der Waals surface area contributed by atoms with E-state index in [1.165, 1.54) is 0 Å². The molecule has 0 aromatic rings. The lowest BCUT2D eigenvalue weighted by atomic mass is 10.3. The zero-order chi connectivity index (χ0) is 11.7. The fourth-order valence-corrected chi connectivity index (χ4v) is 1.16. The van der Waals surface area contributed by atoms with Gasteiger partial charge in [-0.1, -0.05) is 13.3 Å². The van der Waals surface area contributed by atoms with E-state index in [4.69, 9.17) is 5.26 Å². The van der Waals surface area contributed by atoms with Crippen LogP contribution in [0, 0.1) is 11.3 Å². The molecule has 0 spiro atoms. The minimum absolute atomic E-state index is 0.00685.